The average Bonchev–Trinajstić information content (AvgIpc) is 1.58. The number of phenols is 1. The van der Waals surface area contributed by atoms with Gasteiger partial charge in [0.2, 0.25) is 65.0 Å². The molecule has 0 bridgehead atoms. The Balaban J connectivity index is 1.61. The number of nitrogens with one attached hydrogen (secondary N) is 11. The number of unbranched alkanes of at least 4 members (excludes halogenated alkanes) is 4. The molecule has 11 amide bonds. The number of nitrogens with two attached hydrogens (primary N) is 6. The Morgan fingerprint density at radius 1 is 0.407 bits per heavy atom. The van der Waals surface area contributed by atoms with Gasteiger partial charge in [-0.3, -0.25) is 52.7 Å². The number of phenolic OH excluding ortho intramolecular Hbond substituents is 1. The lowest BCUT2D eigenvalue weighted by molar-refractivity contribution is -0.137. The highest BCUT2D eigenvalue weighted by atomic mass is 16.3. The van der Waals surface area contributed by atoms with E-state index in [1.165, 1.54) is 18.5 Å². The second-order valence-corrected chi connectivity index (χ2v) is 29.3. The molecule has 4 aromatic rings. The first kappa shape index (κ1) is 91.0. The third kappa shape index (κ3) is 32.6. The highest BCUT2D eigenvalue weighted by Crippen LogP contribution is 2.25. The van der Waals surface area contributed by atoms with Crippen molar-refractivity contribution in [2.24, 2.45) is 58.1 Å². The summed E-state index contributed by atoms with van der Waals surface area (Å²) in [4.78, 5) is 166. The number of hydrogen-bond donors (Lipinski definition) is 18. The fourth-order valence-corrected chi connectivity index (χ4v) is 12.4. The summed E-state index contributed by atoms with van der Waals surface area (Å²) in [6.07, 6.45) is 5.94. The molecule has 0 saturated carbocycles. The number of rotatable bonds is 52. The zero-order valence-corrected chi connectivity index (χ0v) is 64.4. The van der Waals surface area contributed by atoms with Crippen molar-refractivity contribution in [2.75, 3.05) is 26.2 Å². The van der Waals surface area contributed by atoms with Crippen LogP contribution in [0.5, 0.6) is 5.75 Å². The van der Waals surface area contributed by atoms with Gasteiger partial charge in [-0.25, -0.2) is 4.98 Å². The number of imidazole rings is 1. The molecule has 0 unspecified atom stereocenters. The summed E-state index contributed by atoms with van der Waals surface area (Å²) < 4.78 is 0. The van der Waals surface area contributed by atoms with Crippen LogP contribution in [0.1, 0.15) is 175 Å². The number of aromatic amines is 1. The molecule has 30 nitrogen and oxygen atoms in total. The van der Waals surface area contributed by atoms with Gasteiger partial charge in [-0.1, -0.05) is 135 Å². The number of hydrogen-bond acceptors (Lipinski definition) is 18. The average molecular weight is 1510 g/mol. The molecule has 0 fully saturated rings. The van der Waals surface area contributed by atoms with Crippen LogP contribution in [0.2, 0.25) is 0 Å². The summed E-state index contributed by atoms with van der Waals surface area (Å²) in [5, 5.41) is 38.4. The minimum Gasteiger partial charge on any atom is -0.508 e. The Morgan fingerprint density at radius 3 is 1.13 bits per heavy atom. The van der Waals surface area contributed by atoms with E-state index >= 15 is 0 Å². The predicted molar refractivity (Wildman–Crippen MR) is 416 cm³/mol. The zero-order valence-electron chi connectivity index (χ0n) is 64.4. The van der Waals surface area contributed by atoms with Gasteiger partial charge < -0.3 is 97.7 Å². The van der Waals surface area contributed by atoms with E-state index in [1.807, 2.05) is 48.5 Å². The maximum atomic E-state index is 15.0. The normalized spacial score (nSPS) is 14.7. The second-order valence-electron chi connectivity index (χ2n) is 29.3. The van der Waals surface area contributed by atoms with Gasteiger partial charge in [0.05, 0.1) is 18.1 Å². The maximum Gasteiger partial charge on any atom is 0.243 e. The predicted octanol–water partition coefficient (Wildman–Crippen LogP) is 2.17. The van der Waals surface area contributed by atoms with Crippen LogP contribution in [0, 0.1) is 23.7 Å². The van der Waals surface area contributed by atoms with Gasteiger partial charge in [-0.15, -0.1) is 0 Å². The summed E-state index contributed by atoms with van der Waals surface area (Å²) in [7, 11) is 0. The lowest BCUT2D eigenvalue weighted by Gasteiger charge is -2.30. The lowest BCUT2D eigenvalue weighted by atomic mass is 9.95. The Kier molecular flexibility index (Phi) is 41.2. The summed E-state index contributed by atoms with van der Waals surface area (Å²) in [5.41, 5.74) is 38.7. The topological polar surface area (TPSA) is 513 Å². The van der Waals surface area contributed by atoms with E-state index in [2.05, 4.69) is 63.1 Å². The van der Waals surface area contributed by atoms with Crippen LogP contribution >= 0.6 is 0 Å². The molecule has 0 aliphatic heterocycles. The van der Waals surface area contributed by atoms with Crippen molar-refractivity contribution in [1.29, 1.82) is 0 Å². The van der Waals surface area contributed by atoms with Crippen molar-refractivity contribution in [3.8, 4) is 17.0 Å². The van der Waals surface area contributed by atoms with E-state index in [-0.39, 0.29) is 107 Å². The number of H-pyrrole nitrogens is 1. The summed E-state index contributed by atoms with van der Waals surface area (Å²) in [6.45, 7) is 15.8. The molecule has 1 heterocycles. The van der Waals surface area contributed by atoms with Crippen LogP contribution in [0.25, 0.3) is 11.3 Å². The highest BCUT2D eigenvalue weighted by molar-refractivity contribution is 5.99. The Labute approximate surface area is 636 Å². The largest absolute Gasteiger partial charge is 0.508 e. The number of carbonyl (C=O) groups is 11. The molecule has 4 rings (SSSR count). The van der Waals surface area contributed by atoms with Crippen molar-refractivity contribution >= 4 is 65.0 Å². The van der Waals surface area contributed by atoms with Crippen LogP contribution in [0.3, 0.4) is 0 Å². The molecule has 12 atom stereocenters. The van der Waals surface area contributed by atoms with Gasteiger partial charge in [0.25, 0.3) is 0 Å². The van der Waals surface area contributed by atoms with Crippen LogP contribution in [-0.4, -0.2) is 173 Å². The fourth-order valence-electron chi connectivity index (χ4n) is 12.4. The first-order valence-corrected chi connectivity index (χ1v) is 38.3. The SMILES string of the molecule is CC[C@H](C)[C@H](NC(=O)[C@H](CCCCN)NC(=O)[C@H](CCCCN)NC(=O)[C@H](Cc1ccccc1)NC(=O)[C@H](CC(C)C)NC(=O)[C@H](CCCCN)NC(=O)[C@@H](N)Cc1[nH]cnc1-c1cccc(O)c1)C(=O)N[C@@H](CC(C)C)C(=O)N[C@@H](CCCCN)C(=O)N[C@@H](Cc1ccccc1)C(=O)N[C@@H](CC(C)C)C(N)=O. The number of nitrogens with zero attached hydrogens (tertiary/aromatic N) is 1. The van der Waals surface area contributed by atoms with E-state index < -0.39 is 137 Å². The number of aromatic nitrogens is 2. The highest BCUT2D eigenvalue weighted by Gasteiger charge is 2.38. The number of aromatic hydroxyl groups is 1. The van der Waals surface area contributed by atoms with Crippen molar-refractivity contribution in [3.63, 3.8) is 0 Å². The van der Waals surface area contributed by atoms with Gasteiger partial charge in [-0.05, 0) is 169 Å². The van der Waals surface area contributed by atoms with Crippen molar-refractivity contribution < 1.29 is 57.8 Å². The van der Waals surface area contributed by atoms with Crippen LogP contribution in [0.4, 0.5) is 0 Å². The molecule has 0 spiro atoms. The van der Waals surface area contributed by atoms with E-state index in [1.54, 1.807) is 79.7 Å². The van der Waals surface area contributed by atoms with Gasteiger partial charge in [-0.2, -0.15) is 0 Å². The number of primary amides is 1. The van der Waals surface area contributed by atoms with Gasteiger partial charge >= 0.3 is 0 Å². The third-order valence-corrected chi connectivity index (χ3v) is 18.6. The molecule has 0 aliphatic rings. The van der Waals surface area contributed by atoms with E-state index in [4.69, 9.17) is 34.4 Å². The first-order valence-electron chi connectivity index (χ1n) is 38.3. The molecule has 3 aromatic carbocycles. The zero-order chi connectivity index (χ0) is 79.8. The van der Waals surface area contributed by atoms with E-state index in [0.717, 1.165) is 0 Å². The molecular weight excluding hydrogens is 1380 g/mol. The molecule has 30 heteroatoms. The van der Waals surface area contributed by atoms with Gasteiger partial charge in [0.15, 0.2) is 0 Å². The molecule has 598 valence electrons. The molecule has 0 saturated heterocycles. The second kappa shape index (κ2) is 48.8. The van der Waals surface area contributed by atoms with Crippen LogP contribution in [0.15, 0.2) is 91.3 Å². The lowest BCUT2D eigenvalue weighted by Crippen LogP contribution is -2.61. The van der Waals surface area contributed by atoms with Gasteiger partial charge in [0.1, 0.15) is 66.2 Å². The minimum atomic E-state index is -1.35. The molecule has 0 aliphatic carbocycles. The van der Waals surface area contributed by atoms with E-state index in [9.17, 15) is 57.8 Å². The molecule has 0 radical (unpaired) electrons. The van der Waals surface area contributed by atoms with Crippen molar-refractivity contribution in [1.82, 2.24) is 63.1 Å². The Morgan fingerprint density at radius 2 is 0.750 bits per heavy atom. The fraction of sp³-hybridized carbons (Fsp3) is 0.590. The monoisotopic (exact) mass is 1500 g/mol. The minimum absolute atomic E-state index is 0.0108. The van der Waals surface area contributed by atoms with Crippen molar-refractivity contribution in [3.05, 3.63) is 108 Å². The summed E-state index contributed by atoms with van der Waals surface area (Å²) in [6, 6.07) is 10.6. The standard InChI is InChI=1S/C78H124N18O12/c1-9-50(8)66(78(108)95-63(41-49(6)7)74(104)89-58(33-18-22-37-81)72(102)93-65(43-52-27-14-11-15-28-52)77(107)91-61(68(84)98)39-47(2)3)96-73(103)59(34-19-23-38-82)88-70(100)57(32-17-21-36-80)90-76(106)64(42-51-25-12-10-13-26-51)94-75(105)62(40-48(4)5)92-71(101)56(31-16-20-35-79)87-69(99)55(83)45-60-67(86-46-85-60)53-29-24-30-54(97)44-53/h10-15,24-30,44,46-50,55-59,61-66,97H,9,16-23,31-43,45,79-83H2,1-8H3,(H2,84,98)(H,85,86)(H,87,99)(H,88,100)(H,89,104)(H,90,106)(H,91,107)(H,92,101)(H,93,102)(H,94,105)(H,95,108)(H,96,103)/t50-,55-,56-,57-,58-,59-,61-,62-,63-,64-,65-,66-/m0/s1. The van der Waals surface area contributed by atoms with E-state index in [0.29, 0.717) is 92.4 Å². The molecule has 1 aromatic heterocycles. The first-order chi connectivity index (χ1) is 51.5. The molecule has 24 N–H and O–H groups in total. The smallest absolute Gasteiger partial charge is 0.243 e. The quantitative estimate of drug-likeness (QED) is 0.0282. The van der Waals surface area contributed by atoms with Crippen LogP contribution < -0.4 is 87.6 Å². The summed E-state index contributed by atoms with van der Waals surface area (Å²) in [5.74, 6) is -8.84. The third-order valence-electron chi connectivity index (χ3n) is 18.6. The summed E-state index contributed by atoms with van der Waals surface area (Å²) >= 11 is 0. The molecular formula is C78H124N18O12. The van der Waals surface area contributed by atoms with Gasteiger partial charge in [0, 0.05) is 30.5 Å². The number of carbonyl (C=O) groups excluding carboxylic acids is 11. The van der Waals surface area contributed by atoms with Crippen LogP contribution in [-0.2, 0) is 72.0 Å². The van der Waals surface area contributed by atoms with Crippen molar-refractivity contribution in [2.45, 2.75) is 244 Å². The number of amides is 11. The molecule has 108 heavy (non-hydrogen) atoms. The Hall–Kier alpha value is -9.36. The number of benzene rings is 3. The maximum absolute atomic E-state index is 15.0. The Bertz CT molecular complexity index is 3450.